The Morgan fingerprint density at radius 1 is 1.44 bits per heavy atom. The molecule has 0 radical (unpaired) electrons. The highest BCUT2D eigenvalue weighted by molar-refractivity contribution is 5.22. The van der Waals surface area contributed by atoms with E-state index in [0.29, 0.717) is 6.54 Å². The summed E-state index contributed by atoms with van der Waals surface area (Å²) in [6.45, 7) is 4.95. The third-order valence-corrected chi connectivity index (χ3v) is 4.52. The molecule has 2 nitrogen and oxygen atoms in total. The summed E-state index contributed by atoms with van der Waals surface area (Å²) in [5.74, 6) is 0.597. The van der Waals surface area contributed by atoms with Crippen molar-refractivity contribution in [3.63, 3.8) is 0 Å². The number of hydrogen-bond acceptors (Lipinski definition) is 2. The molecule has 0 amide bonds. The maximum absolute atomic E-state index is 13.8. The van der Waals surface area contributed by atoms with Crippen molar-refractivity contribution in [2.45, 2.75) is 38.3 Å². The molecular weight excluding hydrogens is 227 g/mol. The molecule has 0 bridgehead atoms. The van der Waals surface area contributed by atoms with Crippen LogP contribution in [0.2, 0.25) is 0 Å². The zero-order valence-corrected chi connectivity index (χ0v) is 11.5. The van der Waals surface area contributed by atoms with Gasteiger partial charge in [-0.3, -0.25) is 4.90 Å². The van der Waals surface area contributed by atoms with Gasteiger partial charge in [-0.15, -0.1) is 0 Å². The SMILES string of the molecule is CC1CC(CN)(N(C)C(C)c2ccccc2F)C1. The number of nitrogens with zero attached hydrogens (tertiary/aromatic N) is 1. The first kappa shape index (κ1) is 13.5. The molecule has 2 rings (SSSR count). The van der Waals surface area contributed by atoms with E-state index in [2.05, 4.69) is 25.8 Å². The Morgan fingerprint density at radius 2 is 2.06 bits per heavy atom. The highest BCUT2D eigenvalue weighted by atomic mass is 19.1. The van der Waals surface area contributed by atoms with Gasteiger partial charge in [-0.05, 0) is 38.8 Å². The summed E-state index contributed by atoms with van der Waals surface area (Å²) in [5.41, 5.74) is 6.76. The second-order valence-corrected chi connectivity index (χ2v) is 5.75. The molecule has 1 aliphatic rings. The number of rotatable bonds is 4. The number of halogens is 1. The van der Waals surface area contributed by atoms with E-state index < -0.39 is 0 Å². The molecular formula is C15H23FN2. The molecule has 1 aromatic rings. The molecule has 3 heteroatoms. The fraction of sp³-hybridized carbons (Fsp3) is 0.600. The van der Waals surface area contributed by atoms with E-state index in [1.165, 1.54) is 6.07 Å². The first-order valence-corrected chi connectivity index (χ1v) is 6.67. The lowest BCUT2D eigenvalue weighted by Gasteiger charge is -2.54. The first-order chi connectivity index (χ1) is 8.50. The van der Waals surface area contributed by atoms with Crippen LogP contribution in [-0.4, -0.2) is 24.0 Å². The zero-order valence-electron chi connectivity index (χ0n) is 11.5. The Morgan fingerprint density at radius 3 is 2.56 bits per heavy atom. The molecule has 0 aromatic heterocycles. The lowest BCUT2D eigenvalue weighted by atomic mass is 9.67. The Balaban J connectivity index is 2.19. The minimum atomic E-state index is -0.128. The van der Waals surface area contributed by atoms with E-state index in [0.717, 1.165) is 24.3 Å². The van der Waals surface area contributed by atoms with Crippen molar-refractivity contribution in [2.75, 3.05) is 13.6 Å². The van der Waals surface area contributed by atoms with Crippen LogP contribution in [0.1, 0.15) is 38.3 Å². The average Bonchev–Trinajstić information content (AvgIpc) is 2.33. The Labute approximate surface area is 109 Å². The second kappa shape index (κ2) is 4.98. The van der Waals surface area contributed by atoms with Crippen LogP contribution in [-0.2, 0) is 0 Å². The van der Waals surface area contributed by atoms with Crippen LogP contribution >= 0.6 is 0 Å². The molecule has 1 aromatic carbocycles. The molecule has 18 heavy (non-hydrogen) atoms. The molecule has 1 saturated carbocycles. The van der Waals surface area contributed by atoms with Crippen molar-refractivity contribution in [2.24, 2.45) is 11.7 Å². The van der Waals surface area contributed by atoms with E-state index in [9.17, 15) is 4.39 Å². The number of benzene rings is 1. The van der Waals surface area contributed by atoms with Crippen molar-refractivity contribution in [1.82, 2.24) is 4.90 Å². The molecule has 0 spiro atoms. The quantitative estimate of drug-likeness (QED) is 0.890. The van der Waals surface area contributed by atoms with E-state index in [-0.39, 0.29) is 17.4 Å². The molecule has 0 heterocycles. The molecule has 1 aliphatic carbocycles. The number of likely N-dealkylation sites (N-methyl/N-ethyl adjacent to an activating group) is 1. The van der Waals surface area contributed by atoms with Gasteiger partial charge >= 0.3 is 0 Å². The summed E-state index contributed by atoms with van der Waals surface area (Å²) in [7, 11) is 2.07. The maximum atomic E-state index is 13.8. The van der Waals surface area contributed by atoms with Gasteiger partial charge in [0.15, 0.2) is 0 Å². The van der Waals surface area contributed by atoms with Crippen molar-refractivity contribution in [1.29, 1.82) is 0 Å². The van der Waals surface area contributed by atoms with Gasteiger partial charge in [0.05, 0.1) is 0 Å². The second-order valence-electron chi connectivity index (χ2n) is 5.75. The van der Waals surface area contributed by atoms with Crippen LogP contribution in [0.25, 0.3) is 0 Å². The molecule has 100 valence electrons. The maximum Gasteiger partial charge on any atom is 0.127 e. The summed E-state index contributed by atoms with van der Waals surface area (Å²) in [5, 5.41) is 0. The predicted molar refractivity (Wildman–Crippen MR) is 72.8 cm³/mol. The molecule has 2 N–H and O–H groups in total. The average molecular weight is 250 g/mol. The van der Waals surface area contributed by atoms with Crippen LogP contribution in [0.5, 0.6) is 0 Å². The highest BCUT2D eigenvalue weighted by Crippen LogP contribution is 2.44. The van der Waals surface area contributed by atoms with Crippen LogP contribution < -0.4 is 5.73 Å². The Kier molecular flexibility index (Phi) is 3.74. The van der Waals surface area contributed by atoms with E-state index in [1.807, 2.05) is 12.1 Å². The third-order valence-electron chi connectivity index (χ3n) is 4.52. The monoisotopic (exact) mass is 250 g/mol. The molecule has 1 atom stereocenters. The summed E-state index contributed by atoms with van der Waals surface area (Å²) in [6.07, 6.45) is 2.22. The van der Waals surface area contributed by atoms with E-state index >= 15 is 0 Å². The summed E-state index contributed by atoms with van der Waals surface area (Å²) < 4.78 is 13.8. The molecule has 0 saturated heterocycles. The molecule has 1 unspecified atom stereocenters. The molecule has 0 aliphatic heterocycles. The van der Waals surface area contributed by atoms with Crippen molar-refractivity contribution >= 4 is 0 Å². The summed E-state index contributed by atoms with van der Waals surface area (Å²) >= 11 is 0. The van der Waals surface area contributed by atoms with Crippen LogP contribution in [0.3, 0.4) is 0 Å². The lowest BCUT2D eigenvalue weighted by molar-refractivity contribution is -0.0194. The van der Waals surface area contributed by atoms with E-state index in [1.54, 1.807) is 6.07 Å². The smallest absolute Gasteiger partial charge is 0.127 e. The topological polar surface area (TPSA) is 29.3 Å². The fourth-order valence-corrected chi connectivity index (χ4v) is 3.27. The van der Waals surface area contributed by atoms with Gasteiger partial charge in [0.25, 0.3) is 0 Å². The van der Waals surface area contributed by atoms with Crippen molar-refractivity contribution in [3.8, 4) is 0 Å². The van der Waals surface area contributed by atoms with Gasteiger partial charge in [-0.2, -0.15) is 0 Å². The van der Waals surface area contributed by atoms with Gasteiger partial charge < -0.3 is 5.73 Å². The van der Waals surface area contributed by atoms with Crippen LogP contribution in [0.4, 0.5) is 4.39 Å². The first-order valence-electron chi connectivity index (χ1n) is 6.67. The Bertz CT molecular complexity index is 413. The minimum absolute atomic E-state index is 0.0567. The normalized spacial score (nSPS) is 29.1. The summed E-state index contributed by atoms with van der Waals surface area (Å²) in [6, 6.07) is 7.07. The Hall–Kier alpha value is -0.930. The van der Waals surface area contributed by atoms with Gasteiger partial charge in [-0.25, -0.2) is 4.39 Å². The standard InChI is InChI=1S/C15H23FN2/c1-11-8-15(9-11,10-17)18(3)12(2)13-6-4-5-7-14(13)16/h4-7,11-12H,8-10,17H2,1-3H3. The lowest BCUT2D eigenvalue weighted by Crippen LogP contribution is -2.60. The van der Waals surface area contributed by atoms with Crippen LogP contribution in [0.15, 0.2) is 24.3 Å². The predicted octanol–water partition coefficient (Wildman–Crippen LogP) is 2.95. The number of hydrogen-bond donors (Lipinski definition) is 1. The fourth-order valence-electron chi connectivity index (χ4n) is 3.27. The van der Waals surface area contributed by atoms with Crippen molar-refractivity contribution in [3.05, 3.63) is 35.6 Å². The number of nitrogens with two attached hydrogens (primary N) is 1. The minimum Gasteiger partial charge on any atom is -0.329 e. The van der Waals surface area contributed by atoms with Crippen molar-refractivity contribution < 1.29 is 4.39 Å². The summed E-state index contributed by atoms with van der Waals surface area (Å²) in [4.78, 5) is 2.26. The van der Waals surface area contributed by atoms with Crippen LogP contribution in [0, 0.1) is 11.7 Å². The van der Waals surface area contributed by atoms with Gasteiger partial charge in [0.2, 0.25) is 0 Å². The largest absolute Gasteiger partial charge is 0.329 e. The third kappa shape index (κ3) is 2.17. The van der Waals surface area contributed by atoms with Gasteiger partial charge in [-0.1, -0.05) is 25.1 Å². The zero-order chi connectivity index (χ0) is 13.3. The van der Waals surface area contributed by atoms with E-state index in [4.69, 9.17) is 5.73 Å². The van der Waals surface area contributed by atoms with Gasteiger partial charge in [0, 0.05) is 23.7 Å². The highest BCUT2D eigenvalue weighted by Gasteiger charge is 2.45. The molecule has 1 fully saturated rings. The van der Waals surface area contributed by atoms with Gasteiger partial charge in [0.1, 0.15) is 5.82 Å².